The molecule has 2 unspecified atom stereocenters. The average molecular weight is 443 g/mol. The van der Waals surface area contributed by atoms with E-state index in [4.69, 9.17) is 42.8 Å². The molecule has 0 radical (unpaired) electrons. The number of aromatic nitrogens is 2. The molecule has 0 saturated heterocycles. The van der Waals surface area contributed by atoms with Crippen molar-refractivity contribution in [1.29, 1.82) is 10.7 Å². The number of nitrogens with zero attached hydrogens (tertiary/aromatic N) is 2. The first-order chi connectivity index (χ1) is 14.5. The molecule has 0 bridgehead atoms. The van der Waals surface area contributed by atoms with Gasteiger partial charge in [0.1, 0.15) is 17.4 Å². The molecule has 4 rings (SSSR count). The van der Waals surface area contributed by atoms with Gasteiger partial charge in [-0.25, -0.2) is 0 Å². The van der Waals surface area contributed by atoms with Gasteiger partial charge in [-0.2, -0.15) is 5.26 Å². The molecule has 2 N–H and O–H groups in total. The van der Waals surface area contributed by atoms with Crippen LogP contribution in [0.4, 0.5) is 0 Å². The highest BCUT2D eigenvalue weighted by molar-refractivity contribution is 6.42. The van der Waals surface area contributed by atoms with Crippen LogP contribution in [0.15, 0.2) is 36.4 Å². The highest BCUT2D eigenvalue weighted by Crippen LogP contribution is 2.48. The number of methoxy groups -OCH3 is 2. The summed E-state index contributed by atoms with van der Waals surface area (Å²) < 4.78 is 16.4. The zero-order valence-electron chi connectivity index (χ0n) is 16.0. The van der Waals surface area contributed by atoms with Crippen LogP contribution in [0.2, 0.25) is 10.0 Å². The van der Waals surface area contributed by atoms with Crippen molar-refractivity contribution in [3.63, 3.8) is 0 Å². The second-order valence-electron chi connectivity index (χ2n) is 6.60. The van der Waals surface area contributed by atoms with Gasteiger partial charge in [0.15, 0.2) is 0 Å². The highest BCUT2D eigenvalue weighted by atomic mass is 35.5. The molecule has 30 heavy (non-hydrogen) atoms. The van der Waals surface area contributed by atoms with Crippen molar-refractivity contribution >= 4 is 29.1 Å². The van der Waals surface area contributed by atoms with E-state index in [-0.39, 0.29) is 11.8 Å². The fourth-order valence-electron chi connectivity index (χ4n) is 3.60. The number of nitriles is 1. The van der Waals surface area contributed by atoms with Crippen LogP contribution >= 0.6 is 23.2 Å². The summed E-state index contributed by atoms with van der Waals surface area (Å²) in [6.45, 7) is 0. The third-order valence-corrected chi connectivity index (χ3v) is 5.76. The molecule has 3 aromatic rings. The van der Waals surface area contributed by atoms with Crippen LogP contribution in [0.25, 0.3) is 11.3 Å². The van der Waals surface area contributed by atoms with Crippen molar-refractivity contribution in [2.45, 2.75) is 5.92 Å². The Morgan fingerprint density at radius 1 is 1.13 bits per heavy atom. The van der Waals surface area contributed by atoms with Gasteiger partial charge in [-0.05, 0) is 18.2 Å². The van der Waals surface area contributed by atoms with Crippen LogP contribution in [0.3, 0.4) is 0 Å². The lowest BCUT2D eigenvalue weighted by molar-refractivity contribution is 0.383. The molecule has 2 atom stereocenters. The number of fused-ring (bicyclic) bond motifs is 1. The van der Waals surface area contributed by atoms with Crippen LogP contribution in [-0.4, -0.2) is 30.3 Å². The topological polar surface area (TPSA) is 104 Å². The summed E-state index contributed by atoms with van der Waals surface area (Å²) in [4.78, 5) is 0. The Morgan fingerprint density at radius 2 is 1.93 bits per heavy atom. The van der Waals surface area contributed by atoms with E-state index >= 15 is 0 Å². The van der Waals surface area contributed by atoms with Crippen LogP contribution < -0.4 is 14.2 Å². The number of aromatic amines is 1. The highest BCUT2D eigenvalue weighted by Gasteiger charge is 2.42. The molecule has 152 valence electrons. The van der Waals surface area contributed by atoms with Crippen molar-refractivity contribution in [1.82, 2.24) is 10.2 Å². The van der Waals surface area contributed by atoms with Crippen LogP contribution in [0.5, 0.6) is 17.4 Å². The summed E-state index contributed by atoms with van der Waals surface area (Å²) >= 11 is 12.3. The van der Waals surface area contributed by atoms with Crippen molar-refractivity contribution in [2.24, 2.45) is 5.92 Å². The predicted molar refractivity (Wildman–Crippen MR) is 113 cm³/mol. The fourth-order valence-corrected chi connectivity index (χ4v) is 3.90. The molecule has 0 aliphatic carbocycles. The van der Waals surface area contributed by atoms with Gasteiger partial charge in [-0.15, -0.1) is 5.10 Å². The van der Waals surface area contributed by atoms with E-state index in [0.29, 0.717) is 38.4 Å². The molecule has 1 aliphatic rings. The lowest BCUT2D eigenvalue weighted by Crippen LogP contribution is -2.31. The third kappa shape index (κ3) is 3.24. The molecule has 0 spiro atoms. The zero-order valence-corrected chi connectivity index (χ0v) is 17.5. The minimum absolute atomic E-state index is 0.181. The standard InChI is InChI=1S/C21H16Cl2N4O3/c1-28-11-4-5-12(16(8-11)29-2)17-13(9-24)20(25)30-21-18(17)19(26-27-21)10-3-6-14(22)15(23)7-10/h3-8,13,17,25H,1-2H3,(H,26,27). The van der Waals surface area contributed by atoms with Crippen LogP contribution in [0.1, 0.15) is 17.0 Å². The number of hydrogen-bond acceptors (Lipinski definition) is 6. The van der Waals surface area contributed by atoms with Gasteiger partial charge >= 0.3 is 0 Å². The molecule has 0 amide bonds. The smallest absolute Gasteiger partial charge is 0.244 e. The van der Waals surface area contributed by atoms with Crippen LogP contribution in [-0.2, 0) is 0 Å². The maximum absolute atomic E-state index is 9.86. The average Bonchev–Trinajstić information content (AvgIpc) is 3.17. The Balaban J connectivity index is 1.96. The summed E-state index contributed by atoms with van der Waals surface area (Å²) in [7, 11) is 3.10. The summed E-state index contributed by atoms with van der Waals surface area (Å²) in [6.07, 6.45) is 0. The Labute approximate surface area is 182 Å². The number of ether oxygens (including phenoxy) is 3. The second-order valence-corrected chi connectivity index (χ2v) is 7.42. The third-order valence-electron chi connectivity index (χ3n) is 5.03. The van der Waals surface area contributed by atoms with Gasteiger partial charge in [0.05, 0.1) is 41.6 Å². The number of hydrogen-bond donors (Lipinski definition) is 2. The minimum Gasteiger partial charge on any atom is -0.497 e. The molecule has 1 aromatic heterocycles. The van der Waals surface area contributed by atoms with Gasteiger partial charge in [0.2, 0.25) is 11.8 Å². The quantitative estimate of drug-likeness (QED) is 0.588. The maximum Gasteiger partial charge on any atom is 0.244 e. The molecule has 0 saturated carbocycles. The molecular formula is C21H16Cl2N4O3. The molecule has 7 nitrogen and oxygen atoms in total. The first-order valence-corrected chi connectivity index (χ1v) is 9.65. The fraction of sp³-hybridized carbons (Fsp3) is 0.190. The van der Waals surface area contributed by atoms with Crippen molar-refractivity contribution in [2.75, 3.05) is 14.2 Å². The summed E-state index contributed by atoms with van der Waals surface area (Å²) in [5.41, 5.74) is 2.70. The first kappa shape index (κ1) is 20.1. The largest absolute Gasteiger partial charge is 0.497 e. The SMILES string of the molecule is COc1ccc(C2c3c(n[nH]c3-c3ccc(Cl)c(Cl)c3)OC(=N)C2C#N)c(OC)c1. The number of halogens is 2. The molecule has 2 heterocycles. The van der Waals surface area contributed by atoms with Crippen molar-refractivity contribution in [3.05, 3.63) is 57.6 Å². The minimum atomic E-state index is -0.876. The van der Waals surface area contributed by atoms with E-state index in [1.807, 2.05) is 6.07 Å². The number of nitrogens with one attached hydrogen (secondary N) is 2. The predicted octanol–water partition coefficient (Wildman–Crippen LogP) is 5.04. The Bertz CT molecular complexity index is 1190. The molecule has 1 aliphatic heterocycles. The van der Waals surface area contributed by atoms with Gasteiger partial charge in [0.25, 0.3) is 0 Å². The number of rotatable bonds is 4. The van der Waals surface area contributed by atoms with Crippen molar-refractivity contribution < 1.29 is 14.2 Å². The summed E-state index contributed by atoms with van der Waals surface area (Å²) in [6, 6.07) is 12.7. The van der Waals surface area contributed by atoms with Crippen molar-refractivity contribution in [3.8, 4) is 34.7 Å². The van der Waals surface area contributed by atoms with E-state index in [0.717, 1.165) is 5.56 Å². The van der Waals surface area contributed by atoms with Gasteiger partial charge < -0.3 is 14.2 Å². The molecule has 0 fully saturated rings. The monoisotopic (exact) mass is 442 g/mol. The lowest BCUT2D eigenvalue weighted by Gasteiger charge is -2.29. The maximum atomic E-state index is 9.86. The Hall–Kier alpha value is -3.21. The number of benzene rings is 2. The molecule has 9 heteroatoms. The first-order valence-electron chi connectivity index (χ1n) is 8.90. The normalized spacial score (nSPS) is 17.6. The molecule has 2 aromatic carbocycles. The van der Waals surface area contributed by atoms with Gasteiger partial charge in [0, 0.05) is 23.1 Å². The van der Waals surface area contributed by atoms with E-state index in [1.165, 1.54) is 0 Å². The second kappa shape index (κ2) is 7.90. The van der Waals surface area contributed by atoms with Gasteiger partial charge in [-0.3, -0.25) is 10.5 Å². The van der Waals surface area contributed by atoms with E-state index < -0.39 is 11.8 Å². The summed E-state index contributed by atoms with van der Waals surface area (Å²) in [5.74, 6) is -0.241. The number of H-pyrrole nitrogens is 1. The molecular weight excluding hydrogens is 427 g/mol. The Morgan fingerprint density at radius 3 is 2.60 bits per heavy atom. The van der Waals surface area contributed by atoms with E-state index in [1.54, 1.807) is 44.6 Å². The Kier molecular flexibility index (Phi) is 5.29. The van der Waals surface area contributed by atoms with E-state index in [2.05, 4.69) is 16.3 Å². The van der Waals surface area contributed by atoms with Gasteiger partial charge in [-0.1, -0.05) is 35.3 Å². The zero-order chi connectivity index (χ0) is 21.4. The van der Waals surface area contributed by atoms with E-state index in [9.17, 15) is 5.26 Å². The summed E-state index contributed by atoms with van der Waals surface area (Å²) in [5, 5.41) is 26.1. The lowest BCUT2D eigenvalue weighted by atomic mass is 9.78. The van der Waals surface area contributed by atoms with Crippen LogP contribution in [0, 0.1) is 22.7 Å².